The number of nitro benzene ring substituents is 1. The van der Waals surface area contributed by atoms with Crippen molar-refractivity contribution in [1.82, 2.24) is 9.97 Å². The number of rotatable bonds is 4. The van der Waals surface area contributed by atoms with Gasteiger partial charge in [-0.15, -0.1) is 0 Å². The topological polar surface area (TPSA) is 98.0 Å². The number of nitrogens with zero attached hydrogens (tertiary/aromatic N) is 3. The molecule has 1 aromatic heterocycles. The quantitative estimate of drug-likeness (QED) is 0.405. The van der Waals surface area contributed by atoms with Gasteiger partial charge in [-0.25, -0.2) is 9.97 Å². The van der Waals surface area contributed by atoms with Crippen LogP contribution >= 0.6 is 11.6 Å². The third-order valence-corrected chi connectivity index (χ3v) is 2.60. The van der Waals surface area contributed by atoms with Crippen molar-refractivity contribution in [2.24, 2.45) is 0 Å². The summed E-state index contributed by atoms with van der Waals surface area (Å²) in [7, 11) is 0. The lowest BCUT2D eigenvalue weighted by Gasteiger charge is -2.00. The minimum Gasteiger partial charge on any atom is -0.307 e. The number of nitrogens with one attached hydrogen (secondary N) is 1. The van der Waals surface area contributed by atoms with Gasteiger partial charge in [0.15, 0.2) is 0 Å². The molecule has 1 amide bonds. The summed E-state index contributed by atoms with van der Waals surface area (Å²) in [4.78, 5) is 29.3. The zero-order valence-corrected chi connectivity index (χ0v) is 11.3. The molecule has 21 heavy (non-hydrogen) atoms. The Bertz CT molecular complexity index is 718. The predicted octanol–water partition coefficient (Wildman–Crippen LogP) is 2.69. The van der Waals surface area contributed by atoms with Gasteiger partial charge in [0.2, 0.25) is 5.91 Å². The van der Waals surface area contributed by atoms with Crippen LogP contribution < -0.4 is 5.32 Å². The molecular formula is C13H9ClN4O3. The molecule has 0 aliphatic carbocycles. The molecule has 0 aliphatic heterocycles. The van der Waals surface area contributed by atoms with Crippen LogP contribution in [0.4, 0.5) is 11.5 Å². The Morgan fingerprint density at radius 1 is 1.33 bits per heavy atom. The Hall–Kier alpha value is -2.80. The summed E-state index contributed by atoms with van der Waals surface area (Å²) < 4.78 is 0. The van der Waals surface area contributed by atoms with Crippen molar-refractivity contribution in [3.8, 4) is 0 Å². The molecule has 0 fully saturated rings. The third kappa shape index (κ3) is 4.36. The highest BCUT2D eigenvalue weighted by Gasteiger charge is 2.04. The Kier molecular flexibility index (Phi) is 4.57. The molecule has 0 saturated heterocycles. The number of carbonyl (C=O) groups is 1. The first-order chi connectivity index (χ1) is 10.0. The fourth-order valence-electron chi connectivity index (χ4n) is 1.48. The van der Waals surface area contributed by atoms with Crippen molar-refractivity contribution in [2.75, 3.05) is 5.32 Å². The highest BCUT2D eigenvalue weighted by Crippen LogP contribution is 2.14. The van der Waals surface area contributed by atoms with E-state index in [1.54, 1.807) is 12.1 Å². The number of hydrogen-bond acceptors (Lipinski definition) is 5. The molecule has 1 aromatic carbocycles. The summed E-state index contributed by atoms with van der Waals surface area (Å²) in [6.07, 6.45) is 3.93. The maximum Gasteiger partial charge on any atom is 0.270 e. The van der Waals surface area contributed by atoms with Gasteiger partial charge in [-0.1, -0.05) is 23.7 Å². The number of halogens is 1. The van der Waals surface area contributed by atoms with Crippen LogP contribution in [0.15, 0.2) is 42.7 Å². The minimum absolute atomic E-state index is 0.0415. The van der Waals surface area contributed by atoms with Crippen molar-refractivity contribution in [2.45, 2.75) is 0 Å². The van der Waals surface area contributed by atoms with Crippen LogP contribution in [0.5, 0.6) is 0 Å². The number of amides is 1. The number of nitro groups is 1. The van der Waals surface area contributed by atoms with Gasteiger partial charge in [0.25, 0.3) is 5.69 Å². The van der Waals surface area contributed by atoms with Crippen molar-refractivity contribution in [3.63, 3.8) is 0 Å². The van der Waals surface area contributed by atoms with Crippen LogP contribution in [0.1, 0.15) is 5.56 Å². The molecule has 106 valence electrons. The van der Waals surface area contributed by atoms with E-state index < -0.39 is 10.8 Å². The lowest BCUT2D eigenvalue weighted by molar-refractivity contribution is -0.384. The van der Waals surface area contributed by atoms with Crippen LogP contribution in [-0.2, 0) is 4.79 Å². The Morgan fingerprint density at radius 3 is 2.86 bits per heavy atom. The van der Waals surface area contributed by atoms with Crippen LogP contribution in [0.2, 0.25) is 5.15 Å². The maximum atomic E-state index is 11.7. The molecule has 2 aromatic rings. The second kappa shape index (κ2) is 6.58. The van der Waals surface area contributed by atoms with Crippen molar-refractivity contribution < 1.29 is 9.72 Å². The number of aromatic nitrogens is 2. The fraction of sp³-hybridized carbons (Fsp3) is 0. The van der Waals surface area contributed by atoms with Gasteiger partial charge < -0.3 is 5.32 Å². The van der Waals surface area contributed by atoms with E-state index in [2.05, 4.69) is 15.3 Å². The number of carbonyl (C=O) groups excluding carboxylic acids is 1. The number of benzene rings is 1. The zero-order valence-electron chi connectivity index (χ0n) is 10.6. The van der Waals surface area contributed by atoms with Crippen molar-refractivity contribution in [3.05, 3.63) is 63.6 Å². The van der Waals surface area contributed by atoms with E-state index in [-0.39, 0.29) is 16.7 Å². The fourth-order valence-corrected chi connectivity index (χ4v) is 1.63. The molecule has 1 N–H and O–H groups in total. The normalized spacial score (nSPS) is 10.5. The van der Waals surface area contributed by atoms with E-state index in [0.29, 0.717) is 5.56 Å². The summed E-state index contributed by atoms with van der Waals surface area (Å²) in [6.45, 7) is 0. The summed E-state index contributed by atoms with van der Waals surface area (Å²) >= 11 is 5.66. The molecule has 0 saturated carbocycles. The number of hydrogen-bond donors (Lipinski definition) is 1. The van der Waals surface area contributed by atoms with E-state index in [1.165, 1.54) is 36.7 Å². The SMILES string of the molecule is O=C(/C=C/c1cccc([N+](=O)[O-])c1)Nc1cc(Cl)ncn1. The zero-order chi connectivity index (χ0) is 15.2. The van der Waals surface area contributed by atoms with Crippen LogP contribution in [0.3, 0.4) is 0 Å². The highest BCUT2D eigenvalue weighted by atomic mass is 35.5. The average molecular weight is 305 g/mol. The predicted molar refractivity (Wildman–Crippen MR) is 77.8 cm³/mol. The van der Waals surface area contributed by atoms with E-state index in [1.807, 2.05) is 0 Å². The van der Waals surface area contributed by atoms with Gasteiger partial charge in [0.05, 0.1) is 4.92 Å². The monoisotopic (exact) mass is 304 g/mol. The molecule has 0 atom stereocenters. The second-order valence-corrected chi connectivity index (χ2v) is 4.29. The van der Waals surface area contributed by atoms with Crippen molar-refractivity contribution >= 4 is 35.1 Å². The maximum absolute atomic E-state index is 11.7. The van der Waals surface area contributed by atoms with Crippen LogP contribution in [0.25, 0.3) is 6.08 Å². The number of non-ortho nitro benzene ring substituents is 1. The van der Waals surface area contributed by atoms with Crippen molar-refractivity contribution in [1.29, 1.82) is 0 Å². The van der Waals surface area contributed by atoms with Crippen LogP contribution in [-0.4, -0.2) is 20.8 Å². The van der Waals surface area contributed by atoms with E-state index in [0.717, 1.165) is 0 Å². The molecule has 2 rings (SSSR count). The standard InChI is InChI=1S/C13H9ClN4O3/c14-11-7-12(16-8-15-11)17-13(19)5-4-9-2-1-3-10(6-9)18(20)21/h1-8H,(H,15,16,17,19)/b5-4+. The molecule has 8 heteroatoms. The van der Waals surface area contributed by atoms with Gasteiger partial charge in [-0.3, -0.25) is 14.9 Å². The summed E-state index contributed by atoms with van der Waals surface area (Å²) in [6, 6.07) is 7.34. The Morgan fingerprint density at radius 2 is 2.14 bits per heavy atom. The Labute approximate surface area is 124 Å². The highest BCUT2D eigenvalue weighted by molar-refractivity contribution is 6.29. The molecule has 0 radical (unpaired) electrons. The molecule has 0 unspecified atom stereocenters. The Balaban J connectivity index is 2.05. The van der Waals surface area contributed by atoms with E-state index in [4.69, 9.17) is 11.6 Å². The molecular weight excluding hydrogens is 296 g/mol. The summed E-state index contributed by atoms with van der Waals surface area (Å²) in [5.41, 5.74) is 0.500. The largest absolute Gasteiger partial charge is 0.307 e. The lowest BCUT2D eigenvalue weighted by atomic mass is 10.2. The average Bonchev–Trinajstić information content (AvgIpc) is 2.45. The van der Waals surface area contributed by atoms with Gasteiger partial charge in [-0.2, -0.15) is 0 Å². The van der Waals surface area contributed by atoms with E-state index >= 15 is 0 Å². The molecule has 1 heterocycles. The van der Waals surface area contributed by atoms with Gasteiger partial charge in [0, 0.05) is 24.3 Å². The number of anilines is 1. The van der Waals surface area contributed by atoms with Crippen LogP contribution in [0, 0.1) is 10.1 Å². The molecule has 0 bridgehead atoms. The first-order valence-corrected chi connectivity index (χ1v) is 6.13. The van der Waals surface area contributed by atoms with Gasteiger partial charge >= 0.3 is 0 Å². The minimum atomic E-state index is -0.500. The molecule has 7 nitrogen and oxygen atoms in total. The third-order valence-electron chi connectivity index (χ3n) is 2.39. The van der Waals surface area contributed by atoms with E-state index in [9.17, 15) is 14.9 Å². The lowest BCUT2D eigenvalue weighted by Crippen LogP contribution is -2.09. The molecule has 0 aliphatic rings. The van der Waals surface area contributed by atoms with Gasteiger partial charge in [0.1, 0.15) is 17.3 Å². The molecule has 0 spiro atoms. The first kappa shape index (κ1) is 14.6. The summed E-state index contributed by atoms with van der Waals surface area (Å²) in [5.74, 6) is -0.167. The van der Waals surface area contributed by atoms with Gasteiger partial charge in [-0.05, 0) is 11.6 Å². The second-order valence-electron chi connectivity index (χ2n) is 3.90. The first-order valence-electron chi connectivity index (χ1n) is 5.75. The summed E-state index contributed by atoms with van der Waals surface area (Å²) in [5, 5.41) is 13.3. The smallest absolute Gasteiger partial charge is 0.270 e.